The second kappa shape index (κ2) is 7.42. The van der Waals surface area contributed by atoms with E-state index >= 15 is 0 Å². The van der Waals surface area contributed by atoms with E-state index < -0.39 is 4.92 Å². The zero-order valence-corrected chi connectivity index (χ0v) is 14.8. The molecule has 0 bridgehead atoms. The number of rotatable bonds is 4. The molecule has 0 aromatic heterocycles. The fourth-order valence-electron chi connectivity index (χ4n) is 3.22. The molecule has 2 aromatic carbocycles. The standard InChI is InChI=1S/C18H16Cl2N2O3/c19-13-7-8-15(17(11-13)22(24)25)18(23)21-9-3-5-14(21)10-12-4-1-2-6-16(12)20/h1-2,4,6-8,11,14H,3,5,9-10H2. The third-order valence-electron chi connectivity index (χ3n) is 4.44. The smallest absolute Gasteiger partial charge is 0.283 e. The van der Waals surface area contributed by atoms with Crippen molar-refractivity contribution in [1.82, 2.24) is 4.90 Å². The Morgan fingerprint density at radius 1 is 1.24 bits per heavy atom. The van der Waals surface area contributed by atoms with Crippen LogP contribution >= 0.6 is 23.2 Å². The molecule has 0 aliphatic carbocycles. The van der Waals surface area contributed by atoms with Crippen molar-refractivity contribution in [3.8, 4) is 0 Å². The first kappa shape index (κ1) is 17.7. The van der Waals surface area contributed by atoms with Gasteiger partial charge in [-0.2, -0.15) is 0 Å². The molecule has 1 aliphatic rings. The molecule has 2 aromatic rings. The normalized spacial score (nSPS) is 16.9. The van der Waals surface area contributed by atoms with Crippen molar-refractivity contribution >= 4 is 34.8 Å². The predicted molar refractivity (Wildman–Crippen MR) is 97.3 cm³/mol. The maximum atomic E-state index is 12.9. The van der Waals surface area contributed by atoms with Gasteiger partial charge in [0.25, 0.3) is 11.6 Å². The molecule has 1 atom stereocenters. The van der Waals surface area contributed by atoms with E-state index in [1.165, 1.54) is 18.2 Å². The summed E-state index contributed by atoms with van der Waals surface area (Å²) in [7, 11) is 0. The lowest BCUT2D eigenvalue weighted by Crippen LogP contribution is -2.37. The van der Waals surface area contributed by atoms with Crippen molar-refractivity contribution in [3.05, 3.63) is 73.8 Å². The van der Waals surface area contributed by atoms with Gasteiger partial charge < -0.3 is 4.90 Å². The summed E-state index contributed by atoms with van der Waals surface area (Å²) in [4.78, 5) is 25.3. The minimum atomic E-state index is -0.571. The molecule has 1 aliphatic heterocycles. The van der Waals surface area contributed by atoms with E-state index in [1.54, 1.807) is 4.90 Å². The number of hydrogen-bond acceptors (Lipinski definition) is 3. The number of nitro benzene ring substituents is 1. The molecular weight excluding hydrogens is 363 g/mol. The number of amides is 1. The molecule has 1 unspecified atom stereocenters. The molecule has 3 rings (SSSR count). The largest absolute Gasteiger partial charge is 0.335 e. The third-order valence-corrected chi connectivity index (χ3v) is 5.04. The number of carbonyl (C=O) groups is 1. The van der Waals surface area contributed by atoms with Crippen LogP contribution in [0.1, 0.15) is 28.8 Å². The first-order chi connectivity index (χ1) is 12.0. The van der Waals surface area contributed by atoms with E-state index in [2.05, 4.69) is 0 Å². The van der Waals surface area contributed by atoms with Crippen LogP contribution in [0.15, 0.2) is 42.5 Å². The molecule has 0 spiro atoms. The van der Waals surface area contributed by atoms with Crippen LogP contribution in [0, 0.1) is 10.1 Å². The van der Waals surface area contributed by atoms with Crippen molar-refractivity contribution < 1.29 is 9.72 Å². The fraction of sp³-hybridized carbons (Fsp3) is 0.278. The summed E-state index contributed by atoms with van der Waals surface area (Å²) in [6, 6.07) is 11.6. The first-order valence-corrected chi connectivity index (χ1v) is 8.71. The van der Waals surface area contributed by atoms with Crippen LogP contribution in [-0.4, -0.2) is 28.3 Å². The molecule has 1 amide bonds. The van der Waals surface area contributed by atoms with Crippen LogP contribution in [-0.2, 0) is 6.42 Å². The average Bonchev–Trinajstić information content (AvgIpc) is 3.04. The van der Waals surface area contributed by atoms with E-state index in [0.29, 0.717) is 18.0 Å². The molecule has 0 radical (unpaired) electrons. The molecule has 7 heteroatoms. The number of halogens is 2. The zero-order chi connectivity index (χ0) is 18.0. The van der Waals surface area contributed by atoms with E-state index in [9.17, 15) is 14.9 Å². The summed E-state index contributed by atoms with van der Waals surface area (Å²) in [5.74, 6) is -0.335. The number of nitro groups is 1. The van der Waals surface area contributed by atoms with Crippen LogP contribution in [0.4, 0.5) is 5.69 Å². The molecule has 130 valence electrons. The Kier molecular flexibility index (Phi) is 5.25. The Balaban J connectivity index is 1.87. The van der Waals surface area contributed by atoms with Gasteiger partial charge in [-0.3, -0.25) is 14.9 Å². The molecule has 5 nitrogen and oxygen atoms in total. The highest BCUT2D eigenvalue weighted by atomic mass is 35.5. The molecular formula is C18H16Cl2N2O3. The van der Waals surface area contributed by atoms with Gasteiger partial charge in [0.1, 0.15) is 5.56 Å². The molecule has 1 heterocycles. The van der Waals surface area contributed by atoms with E-state index in [-0.39, 0.29) is 28.2 Å². The van der Waals surface area contributed by atoms with Crippen LogP contribution in [0.25, 0.3) is 0 Å². The number of likely N-dealkylation sites (tertiary alicyclic amines) is 1. The van der Waals surface area contributed by atoms with Crippen LogP contribution in [0.5, 0.6) is 0 Å². The molecule has 0 N–H and O–H groups in total. The molecule has 1 saturated heterocycles. The summed E-state index contributed by atoms with van der Waals surface area (Å²) in [6.45, 7) is 0.577. The van der Waals surface area contributed by atoms with Crippen LogP contribution in [0.2, 0.25) is 10.0 Å². The summed E-state index contributed by atoms with van der Waals surface area (Å²) < 4.78 is 0. The van der Waals surface area contributed by atoms with Gasteiger partial charge in [0.05, 0.1) is 4.92 Å². The lowest BCUT2D eigenvalue weighted by atomic mass is 10.0. The Labute approximate surface area is 155 Å². The maximum Gasteiger partial charge on any atom is 0.283 e. The summed E-state index contributed by atoms with van der Waals surface area (Å²) in [6.07, 6.45) is 2.34. The number of carbonyl (C=O) groups excluding carboxylic acids is 1. The van der Waals surface area contributed by atoms with Crippen molar-refractivity contribution in [2.75, 3.05) is 6.54 Å². The van der Waals surface area contributed by atoms with Crippen LogP contribution in [0.3, 0.4) is 0 Å². The Hall–Kier alpha value is -2.11. The molecule has 1 fully saturated rings. The Bertz CT molecular complexity index is 826. The lowest BCUT2D eigenvalue weighted by molar-refractivity contribution is -0.385. The van der Waals surface area contributed by atoms with Gasteiger partial charge in [-0.05, 0) is 43.0 Å². The fourth-order valence-corrected chi connectivity index (χ4v) is 3.60. The van der Waals surface area contributed by atoms with Crippen molar-refractivity contribution in [1.29, 1.82) is 0 Å². The third kappa shape index (κ3) is 3.78. The average molecular weight is 379 g/mol. The highest BCUT2D eigenvalue weighted by Crippen LogP contribution is 2.30. The summed E-state index contributed by atoms with van der Waals surface area (Å²) in [5.41, 5.74) is 0.779. The topological polar surface area (TPSA) is 63.4 Å². The van der Waals surface area contributed by atoms with Gasteiger partial charge in [0.2, 0.25) is 0 Å². The quantitative estimate of drug-likeness (QED) is 0.569. The monoisotopic (exact) mass is 378 g/mol. The second-order valence-corrected chi connectivity index (χ2v) is 6.85. The van der Waals surface area contributed by atoms with Crippen molar-refractivity contribution in [2.24, 2.45) is 0 Å². The SMILES string of the molecule is O=C(c1ccc(Cl)cc1[N+](=O)[O-])N1CCCC1Cc1ccccc1Cl. The zero-order valence-electron chi connectivity index (χ0n) is 13.3. The summed E-state index contributed by atoms with van der Waals surface area (Å²) >= 11 is 12.1. The number of hydrogen-bond donors (Lipinski definition) is 0. The number of benzene rings is 2. The maximum absolute atomic E-state index is 12.9. The van der Waals surface area contributed by atoms with E-state index in [1.807, 2.05) is 24.3 Å². The Morgan fingerprint density at radius 2 is 2.00 bits per heavy atom. The van der Waals surface area contributed by atoms with Gasteiger partial charge >= 0.3 is 0 Å². The first-order valence-electron chi connectivity index (χ1n) is 7.95. The van der Waals surface area contributed by atoms with E-state index in [0.717, 1.165) is 18.4 Å². The predicted octanol–water partition coefficient (Wildman–Crippen LogP) is 4.75. The number of nitrogens with zero attached hydrogens (tertiary/aromatic N) is 2. The van der Waals surface area contributed by atoms with Crippen molar-refractivity contribution in [3.63, 3.8) is 0 Å². The highest BCUT2D eigenvalue weighted by Gasteiger charge is 2.33. The lowest BCUT2D eigenvalue weighted by Gasteiger charge is -2.25. The van der Waals surface area contributed by atoms with Gasteiger partial charge in [0.15, 0.2) is 0 Å². The van der Waals surface area contributed by atoms with Gasteiger partial charge in [0, 0.05) is 28.7 Å². The van der Waals surface area contributed by atoms with Gasteiger partial charge in [-0.15, -0.1) is 0 Å². The minimum absolute atomic E-state index is 0.0253. The molecule has 25 heavy (non-hydrogen) atoms. The van der Waals surface area contributed by atoms with Gasteiger partial charge in [-0.1, -0.05) is 41.4 Å². The minimum Gasteiger partial charge on any atom is -0.335 e. The summed E-state index contributed by atoms with van der Waals surface area (Å²) in [5, 5.41) is 12.2. The van der Waals surface area contributed by atoms with Gasteiger partial charge in [-0.25, -0.2) is 0 Å². The molecule has 0 saturated carbocycles. The highest BCUT2D eigenvalue weighted by molar-refractivity contribution is 6.31. The van der Waals surface area contributed by atoms with E-state index in [4.69, 9.17) is 23.2 Å². The van der Waals surface area contributed by atoms with Crippen molar-refractivity contribution in [2.45, 2.75) is 25.3 Å². The Morgan fingerprint density at radius 3 is 2.72 bits per heavy atom. The second-order valence-electron chi connectivity index (χ2n) is 6.01. The van der Waals surface area contributed by atoms with Crippen LogP contribution < -0.4 is 0 Å².